The Balaban J connectivity index is 0.00000161. The molecule has 2 N–H and O–H groups in total. The summed E-state index contributed by atoms with van der Waals surface area (Å²) >= 11 is 0. The van der Waals surface area contributed by atoms with E-state index in [9.17, 15) is 8.42 Å². The van der Waals surface area contributed by atoms with Gasteiger partial charge in [0, 0.05) is 18.1 Å². The molecule has 0 amide bonds. The highest BCUT2D eigenvalue weighted by Gasteiger charge is 2.50. The van der Waals surface area contributed by atoms with Gasteiger partial charge in [0.2, 0.25) is 10.0 Å². The predicted octanol–water partition coefficient (Wildman–Crippen LogP) is 2.45. The highest BCUT2D eigenvalue weighted by molar-refractivity contribution is 7.89. The summed E-state index contributed by atoms with van der Waals surface area (Å²) < 4.78 is 27.5. The molecule has 0 radical (unpaired) electrons. The Kier molecular flexibility index (Phi) is 4.69. The lowest BCUT2D eigenvalue weighted by atomic mass is 9.71. The topological polar surface area (TPSA) is 63.4 Å². The van der Waals surface area contributed by atoms with Crippen LogP contribution in [0.1, 0.15) is 37.7 Å². The number of piperidine rings is 1. The van der Waals surface area contributed by atoms with Crippen molar-refractivity contribution in [3.8, 4) is 0 Å². The molecule has 21 heavy (non-hydrogen) atoms. The van der Waals surface area contributed by atoms with E-state index in [2.05, 4.69) is 0 Å². The van der Waals surface area contributed by atoms with Gasteiger partial charge in [-0.05, 0) is 51.2 Å². The van der Waals surface area contributed by atoms with Crippen LogP contribution < -0.4 is 5.73 Å². The van der Waals surface area contributed by atoms with Gasteiger partial charge in [-0.3, -0.25) is 0 Å². The molecule has 0 bridgehead atoms. The van der Waals surface area contributed by atoms with Crippen LogP contribution >= 0.6 is 12.4 Å². The number of benzene rings is 1. The molecular weight excluding hydrogens is 308 g/mol. The van der Waals surface area contributed by atoms with Crippen molar-refractivity contribution in [1.82, 2.24) is 4.31 Å². The van der Waals surface area contributed by atoms with Crippen molar-refractivity contribution in [1.29, 1.82) is 0 Å². The van der Waals surface area contributed by atoms with E-state index in [1.165, 1.54) is 0 Å². The van der Waals surface area contributed by atoms with Crippen molar-refractivity contribution in [2.24, 2.45) is 5.73 Å². The normalized spacial score (nSPS) is 25.1. The summed E-state index contributed by atoms with van der Waals surface area (Å²) in [7, 11) is -3.43. The van der Waals surface area contributed by atoms with E-state index < -0.39 is 10.0 Å². The van der Waals surface area contributed by atoms with Crippen LogP contribution in [0, 0.1) is 6.92 Å². The van der Waals surface area contributed by atoms with Crippen molar-refractivity contribution in [3.05, 3.63) is 29.8 Å². The summed E-state index contributed by atoms with van der Waals surface area (Å²) in [5.41, 5.74) is 6.93. The van der Waals surface area contributed by atoms with Crippen molar-refractivity contribution >= 4 is 22.4 Å². The van der Waals surface area contributed by atoms with E-state index in [0.29, 0.717) is 11.4 Å². The monoisotopic (exact) mass is 330 g/mol. The SMILES string of the molecule is Cc1ccc(S(=O)(=O)N2CC(N)CCC23CCC3)cc1.Cl. The lowest BCUT2D eigenvalue weighted by Gasteiger charge is -2.53. The zero-order valence-corrected chi connectivity index (χ0v) is 13.9. The van der Waals surface area contributed by atoms with Gasteiger partial charge < -0.3 is 5.73 Å². The highest BCUT2D eigenvalue weighted by Crippen LogP contribution is 2.46. The maximum Gasteiger partial charge on any atom is 0.243 e. The highest BCUT2D eigenvalue weighted by atomic mass is 35.5. The third kappa shape index (κ3) is 2.84. The Labute approximate surface area is 133 Å². The number of hydrogen-bond donors (Lipinski definition) is 1. The number of nitrogens with two attached hydrogens (primary N) is 1. The second kappa shape index (κ2) is 5.88. The van der Waals surface area contributed by atoms with Crippen LogP contribution in [0.25, 0.3) is 0 Å². The van der Waals surface area contributed by atoms with Gasteiger partial charge in [0.1, 0.15) is 0 Å². The van der Waals surface area contributed by atoms with Crippen LogP contribution in [0.2, 0.25) is 0 Å². The lowest BCUT2D eigenvalue weighted by molar-refractivity contribution is 0.0424. The molecule has 1 saturated heterocycles. The van der Waals surface area contributed by atoms with E-state index in [-0.39, 0.29) is 24.0 Å². The molecular formula is C15H23ClN2O2S. The molecule has 4 nitrogen and oxygen atoms in total. The first-order chi connectivity index (χ1) is 9.44. The molecule has 1 unspecified atom stereocenters. The second-order valence-corrected chi connectivity index (χ2v) is 8.09. The molecule has 1 aromatic rings. The lowest BCUT2D eigenvalue weighted by Crippen LogP contribution is -2.62. The van der Waals surface area contributed by atoms with Gasteiger partial charge in [-0.2, -0.15) is 4.31 Å². The van der Waals surface area contributed by atoms with Crippen molar-refractivity contribution in [3.63, 3.8) is 0 Å². The summed E-state index contributed by atoms with van der Waals surface area (Å²) in [4.78, 5) is 0.392. The van der Waals surface area contributed by atoms with Gasteiger partial charge in [0.15, 0.2) is 0 Å². The quantitative estimate of drug-likeness (QED) is 0.906. The number of sulfonamides is 1. The molecule has 1 aliphatic heterocycles. The summed E-state index contributed by atoms with van der Waals surface area (Å²) in [5.74, 6) is 0. The third-order valence-corrected chi connectivity index (χ3v) is 6.79. The van der Waals surface area contributed by atoms with E-state index in [4.69, 9.17) is 5.73 Å². The third-order valence-electron chi connectivity index (χ3n) is 4.80. The average molecular weight is 331 g/mol. The van der Waals surface area contributed by atoms with E-state index in [1.54, 1.807) is 16.4 Å². The van der Waals surface area contributed by atoms with Gasteiger partial charge in [0.05, 0.1) is 4.90 Å². The fourth-order valence-corrected chi connectivity index (χ4v) is 5.26. The zero-order chi connectivity index (χ0) is 14.4. The van der Waals surface area contributed by atoms with Crippen molar-refractivity contribution < 1.29 is 8.42 Å². The molecule has 1 aromatic carbocycles. The van der Waals surface area contributed by atoms with Crippen LogP contribution in [0.3, 0.4) is 0 Å². The molecule has 118 valence electrons. The van der Waals surface area contributed by atoms with Gasteiger partial charge in [-0.1, -0.05) is 17.7 Å². The minimum Gasteiger partial charge on any atom is -0.327 e. The smallest absolute Gasteiger partial charge is 0.243 e. The van der Waals surface area contributed by atoms with E-state index >= 15 is 0 Å². The fourth-order valence-electron chi connectivity index (χ4n) is 3.35. The maximum absolute atomic E-state index is 12.9. The maximum atomic E-state index is 12.9. The molecule has 1 atom stereocenters. The molecule has 0 aromatic heterocycles. The van der Waals surface area contributed by atoms with Gasteiger partial charge in [-0.15, -0.1) is 12.4 Å². The number of halogens is 1. The summed E-state index contributed by atoms with van der Waals surface area (Å²) in [6, 6.07) is 7.07. The standard InChI is InChI=1S/C15H22N2O2S.ClH/c1-12-3-5-14(6-4-12)20(18,19)17-11-13(16)7-10-15(17)8-2-9-15;/h3-6,13H,2,7-11,16H2,1H3;1H. The number of aryl methyl sites for hydroxylation is 1. The van der Waals surface area contributed by atoms with Crippen molar-refractivity contribution in [2.75, 3.05) is 6.54 Å². The number of nitrogens with zero attached hydrogens (tertiary/aromatic N) is 1. The van der Waals surface area contributed by atoms with Gasteiger partial charge in [0.25, 0.3) is 0 Å². The second-order valence-electron chi connectivity index (χ2n) is 6.23. The summed E-state index contributed by atoms with van der Waals surface area (Å²) in [6.07, 6.45) is 4.91. The molecule has 1 saturated carbocycles. The number of rotatable bonds is 2. The minimum atomic E-state index is -3.43. The van der Waals surface area contributed by atoms with Crippen LogP contribution in [0.4, 0.5) is 0 Å². The Morgan fingerprint density at radius 2 is 1.81 bits per heavy atom. The predicted molar refractivity (Wildman–Crippen MR) is 86.1 cm³/mol. The Morgan fingerprint density at radius 1 is 1.19 bits per heavy atom. The summed E-state index contributed by atoms with van der Waals surface area (Å²) in [6.45, 7) is 2.41. The van der Waals surface area contributed by atoms with Gasteiger partial charge >= 0.3 is 0 Å². The Bertz CT molecular complexity index is 597. The first-order valence-electron chi connectivity index (χ1n) is 7.29. The molecule has 3 rings (SSSR count). The minimum absolute atomic E-state index is 0. The van der Waals surface area contributed by atoms with E-state index in [1.807, 2.05) is 19.1 Å². The summed E-state index contributed by atoms with van der Waals surface area (Å²) in [5, 5.41) is 0. The first kappa shape index (κ1) is 16.7. The number of hydrogen-bond acceptors (Lipinski definition) is 3. The Hall–Kier alpha value is -0.620. The first-order valence-corrected chi connectivity index (χ1v) is 8.73. The molecule has 2 aliphatic rings. The van der Waals surface area contributed by atoms with Crippen molar-refractivity contribution in [2.45, 2.75) is 55.5 Å². The average Bonchev–Trinajstić information content (AvgIpc) is 2.37. The fraction of sp³-hybridized carbons (Fsp3) is 0.600. The zero-order valence-electron chi connectivity index (χ0n) is 12.3. The molecule has 6 heteroatoms. The Morgan fingerprint density at radius 3 is 2.33 bits per heavy atom. The largest absolute Gasteiger partial charge is 0.327 e. The van der Waals surface area contributed by atoms with Crippen LogP contribution in [0.5, 0.6) is 0 Å². The molecule has 1 spiro atoms. The molecule has 1 aliphatic carbocycles. The van der Waals surface area contributed by atoms with Crippen LogP contribution in [-0.4, -0.2) is 30.8 Å². The van der Waals surface area contributed by atoms with Crippen LogP contribution in [0.15, 0.2) is 29.2 Å². The van der Waals surface area contributed by atoms with E-state index in [0.717, 1.165) is 37.7 Å². The van der Waals surface area contributed by atoms with Crippen LogP contribution in [-0.2, 0) is 10.0 Å². The van der Waals surface area contributed by atoms with Gasteiger partial charge in [-0.25, -0.2) is 8.42 Å². The molecule has 2 fully saturated rings. The molecule has 1 heterocycles.